The van der Waals surface area contributed by atoms with E-state index in [1.807, 2.05) is 0 Å². The second kappa shape index (κ2) is 37.9. The van der Waals surface area contributed by atoms with Crippen LogP contribution in [0.15, 0.2) is 127 Å². The van der Waals surface area contributed by atoms with Crippen molar-refractivity contribution in [2.45, 2.75) is 199 Å². The summed E-state index contributed by atoms with van der Waals surface area (Å²) in [5.74, 6) is -15.0. The van der Waals surface area contributed by atoms with Crippen LogP contribution in [0.1, 0.15) is 115 Å². The van der Waals surface area contributed by atoms with Gasteiger partial charge in [-0.05, 0) is 140 Å². The fourth-order valence-corrected chi connectivity index (χ4v) is 16.4. The molecule has 1 unspecified atom stereocenters. The average Bonchev–Trinajstić information content (AvgIpc) is 0.762. The third-order valence-electron chi connectivity index (χ3n) is 22.9. The average molecular weight is 1800 g/mol. The lowest BCUT2D eigenvalue weighted by molar-refractivity contribution is -0.330. The maximum Gasteiger partial charge on any atom is 0.330 e. The van der Waals surface area contributed by atoms with Crippen molar-refractivity contribution in [2.75, 3.05) is 20.8 Å². The first-order chi connectivity index (χ1) is 60.0. The number of rotatable bonds is 16. The summed E-state index contributed by atoms with van der Waals surface area (Å²) < 4.78 is 69.1. The van der Waals surface area contributed by atoms with Crippen molar-refractivity contribution >= 4 is 64.6 Å². The standard InChI is InChI=1S/C84H93Cl2N9O31/c1-30-65(101)46(87)27-55(117-30)124-72-37-12-19-51(45(86)22-37)122-53-24-38-23-52(73(53)126-84-75(71(107)69(105)54(29-96)123-84)125-56-28-47(88)66(102)31(2)118-56)120-40-15-8-34(9-16-40)68(104)63(94-76(108)58(89-4)33-6-13-41(14-7-33)121-83-74(116-5)70(106)67(103)32(3)119-83)80(112)91-60(36-11-18-49(99)44(85)21-36)77(109)92-61(38)79(111)90-59-35-10-17-48(98)42(20-35)57-43(25-39(97)26-50(57)100)62(82(114)115)93-81(113)64(72)95-78(59)110/h6-26,30-32,46-47,54-56,58-72,74-75,83-84,89,96-107H,27-29,87-88H2,1-5H3,(H,90,111)(H,91,112)(H,92,109)(H,93,113)(H,94,108)(H,95,110)(H,114,115)/t30-,31-,32+,46-,47-,54+,55+,56+,58+,59+,60-,61?,62+,63-,64-,65+,66+,67+,68-,69+,70+,71+,72+,74+,75+,83-,84+/m1/s1. The number of hydrogen-bond acceptors (Lipinski definition) is 33. The zero-order valence-corrected chi connectivity index (χ0v) is 68.9. The molecule has 24 N–H and O–H groups in total. The number of benzene rings is 7. The Kier molecular flexibility index (Phi) is 27.5. The Bertz CT molecular complexity index is 5220. The molecule has 0 aromatic heterocycles. The van der Waals surface area contributed by atoms with E-state index >= 15 is 28.8 Å². The van der Waals surface area contributed by atoms with Gasteiger partial charge in [-0.3, -0.25) is 28.8 Å². The molecule has 40 nitrogen and oxygen atoms in total. The Morgan fingerprint density at radius 1 is 0.540 bits per heavy atom. The van der Waals surface area contributed by atoms with E-state index < -0.39 is 291 Å². The van der Waals surface area contributed by atoms with E-state index in [0.717, 1.165) is 60.7 Å². The lowest BCUT2D eigenvalue weighted by Gasteiger charge is -2.44. The molecule has 674 valence electrons. The number of carbonyl (C=O) groups excluding carboxylic acids is 6. The van der Waals surface area contributed by atoms with Gasteiger partial charge < -0.3 is 167 Å². The maximum absolute atomic E-state index is 16.7. The topological polar surface area (TPSA) is 620 Å². The summed E-state index contributed by atoms with van der Waals surface area (Å²) >= 11 is 14.0. The van der Waals surface area contributed by atoms with Gasteiger partial charge in [-0.2, -0.15) is 0 Å². The lowest BCUT2D eigenvalue weighted by Crippen LogP contribution is -2.62. The van der Waals surface area contributed by atoms with Crippen LogP contribution in [0.2, 0.25) is 10.0 Å². The van der Waals surface area contributed by atoms with Crippen LogP contribution in [0.25, 0.3) is 11.1 Å². The second-order valence-corrected chi connectivity index (χ2v) is 32.2. The predicted octanol–water partition coefficient (Wildman–Crippen LogP) is 0.953. The van der Waals surface area contributed by atoms with Gasteiger partial charge in [0.05, 0.1) is 47.2 Å². The largest absolute Gasteiger partial charge is 0.508 e. The number of ether oxygens (including phenoxy) is 11. The van der Waals surface area contributed by atoms with Gasteiger partial charge in [-0.25, -0.2) is 4.79 Å². The Morgan fingerprint density at radius 3 is 1.70 bits per heavy atom. The van der Waals surface area contributed by atoms with E-state index in [9.17, 15) is 71.2 Å². The number of fused-ring (bicyclic) bond motifs is 15. The van der Waals surface area contributed by atoms with Gasteiger partial charge in [0, 0.05) is 54.8 Å². The number of hydrogen-bond donors (Lipinski definition) is 22. The van der Waals surface area contributed by atoms with Crippen molar-refractivity contribution < 1.29 is 152 Å². The molecule has 9 aliphatic rings. The third kappa shape index (κ3) is 18.9. The smallest absolute Gasteiger partial charge is 0.330 e. The lowest BCUT2D eigenvalue weighted by atomic mass is 9.89. The molecule has 4 fully saturated rings. The van der Waals surface area contributed by atoms with Crippen LogP contribution in [-0.4, -0.2) is 251 Å². The summed E-state index contributed by atoms with van der Waals surface area (Å²) in [6.07, 6.45) is -27.7. The molecule has 27 atom stereocenters. The number of halogens is 2. The number of aliphatic hydroxyl groups excluding tert-OH is 8. The quantitative estimate of drug-likeness (QED) is 0.0640. The highest BCUT2D eigenvalue weighted by atomic mass is 35.5. The van der Waals surface area contributed by atoms with Crippen molar-refractivity contribution in [3.05, 3.63) is 176 Å². The first-order valence-electron chi connectivity index (χ1n) is 39.8. The van der Waals surface area contributed by atoms with E-state index in [4.69, 9.17) is 86.8 Å². The number of nitrogens with two attached hydrogens (primary N) is 2. The molecule has 126 heavy (non-hydrogen) atoms. The SMILES string of the molecule is CN[C@H](C(=O)N[C@H]1C(=O)N[C@H](c2ccc(O)c(Cl)c2)C(=O)NC2C(=O)N[C@@H]3C(=O)N[C@@H](C(=O)N[C@H](C(=O)O)c4cc(O)cc(O)c4-c4cc3ccc4O)[C@@H](O[C@H]3C[C@@H](N)[C@@H](O)[C@@H](C)O3)c3ccc(c(Cl)c3)Oc3cc2cc(c3O[C@@H]2O[C@@H](CO)[C@H](O)[C@H](O)[C@@H]2O[C@H]2C[C@@H](N)[C@@H](O)[C@@H](C)O2)Oc2ccc(cc2)[C@H]1O)c1ccc(O[C@H]2O[C@@H](C)[C@H](O)[C@H](O)[C@@H]2OC)cc1. The number of aromatic hydroxyl groups is 4. The summed E-state index contributed by atoms with van der Waals surface area (Å²) in [6, 6.07) is 7.58. The Labute approximate surface area is 726 Å². The normalized spacial score (nSPS) is 32.1. The second-order valence-electron chi connectivity index (χ2n) is 31.4. The summed E-state index contributed by atoms with van der Waals surface area (Å²) in [4.78, 5) is 110. The summed E-state index contributed by atoms with van der Waals surface area (Å²) in [7, 11) is 2.68. The van der Waals surface area contributed by atoms with Gasteiger partial charge in [0.2, 0.25) is 53.8 Å². The number of carboxylic acid groups (broad SMARTS) is 1. The molecule has 6 amide bonds. The minimum Gasteiger partial charge on any atom is -0.508 e. The number of phenolic OH excluding ortho intramolecular Hbond substituents is 4. The van der Waals surface area contributed by atoms with Crippen LogP contribution in [-0.2, 0) is 66.7 Å². The first-order valence-corrected chi connectivity index (χ1v) is 40.6. The van der Waals surface area contributed by atoms with Gasteiger partial charge >= 0.3 is 5.97 Å². The molecule has 42 heteroatoms. The monoisotopic (exact) mass is 1790 g/mol. The molecular formula is C84H93Cl2N9O31. The number of methoxy groups -OCH3 is 1. The number of amides is 6. The predicted molar refractivity (Wildman–Crippen MR) is 433 cm³/mol. The van der Waals surface area contributed by atoms with E-state index in [-0.39, 0.29) is 52.2 Å². The van der Waals surface area contributed by atoms with Crippen molar-refractivity contribution in [3.8, 4) is 68.6 Å². The number of carboxylic acids is 1. The van der Waals surface area contributed by atoms with Crippen LogP contribution in [0, 0.1) is 0 Å². The van der Waals surface area contributed by atoms with Crippen molar-refractivity contribution in [3.63, 3.8) is 0 Å². The fourth-order valence-electron chi connectivity index (χ4n) is 16.0. The molecule has 0 saturated carbocycles. The van der Waals surface area contributed by atoms with Gasteiger partial charge in [-0.15, -0.1) is 0 Å². The van der Waals surface area contributed by atoms with E-state index in [2.05, 4.69) is 37.2 Å². The van der Waals surface area contributed by atoms with Crippen LogP contribution in [0.5, 0.6) is 57.5 Å². The zero-order valence-electron chi connectivity index (χ0n) is 67.4. The Balaban J connectivity index is 0.965. The summed E-state index contributed by atoms with van der Waals surface area (Å²) in [5, 5.41) is 165. The molecule has 0 aliphatic carbocycles. The molecule has 9 heterocycles. The first kappa shape index (κ1) is 91.3. The number of aliphatic hydroxyl groups is 8. The van der Waals surface area contributed by atoms with Gasteiger partial charge in [-0.1, -0.05) is 65.7 Å². The zero-order chi connectivity index (χ0) is 90.5. The highest BCUT2D eigenvalue weighted by molar-refractivity contribution is 6.32. The molecular weight excluding hydrogens is 1700 g/mol. The Morgan fingerprint density at radius 2 is 1.10 bits per heavy atom. The molecule has 0 radical (unpaired) electrons. The third-order valence-corrected chi connectivity index (χ3v) is 23.5. The molecule has 11 bridgehead atoms. The summed E-state index contributed by atoms with van der Waals surface area (Å²) in [5.41, 5.74) is 10.0. The van der Waals surface area contributed by atoms with E-state index in [1.165, 1.54) is 102 Å². The van der Waals surface area contributed by atoms with Crippen LogP contribution in [0.3, 0.4) is 0 Å². The minimum absolute atomic E-state index is 0.122. The van der Waals surface area contributed by atoms with E-state index in [1.54, 1.807) is 0 Å². The number of carbonyl (C=O) groups is 7. The van der Waals surface area contributed by atoms with Crippen LogP contribution < -0.4 is 67.6 Å². The van der Waals surface area contributed by atoms with Crippen molar-refractivity contribution in [1.29, 1.82) is 0 Å². The van der Waals surface area contributed by atoms with Crippen molar-refractivity contribution in [1.82, 2.24) is 37.2 Å². The molecule has 9 aliphatic heterocycles. The van der Waals surface area contributed by atoms with Crippen molar-refractivity contribution in [2.24, 2.45) is 11.5 Å². The molecule has 0 spiro atoms. The number of nitrogens with one attached hydrogen (secondary N) is 7. The molecule has 16 rings (SSSR count). The maximum atomic E-state index is 16.7. The van der Waals surface area contributed by atoms with Gasteiger partial charge in [0.25, 0.3) is 0 Å². The summed E-state index contributed by atoms with van der Waals surface area (Å²) in [6.45, 7) is 3.47. The van der Waals surface area contributed by atoms with E-state index in [0.29, 0.717) is 0 Å². The van der Waals surface area contributed by atoms with Gasteiger partial charge in [0.1, 0.15) is 125 Å². The number of aliphatic carboxylic acids is 1. The number of likely N-dealkylation sites (N-methyl/N-ethyl adjacent to an activating group) is 1. The van der Waals surface area contributed by atoms with Crippen LogP contribution in [0.4, 0.5) is 0 Å². The molecule has 7 aromatic rings. The molecule has 7 aromatic carbocycles. The fraction of sp³-hybridized carbons (Fsp3) is 0.417. The minimum atomic E-state index is -2.39. The number of phenols is 4. The highest BCUT2D eigenvalue weighted by Crippen LogP contribution is 2.50. The molecule has 4 saturated heterocycles. The highest BCUT2D eigenvalue weighted by Gasteiger charge is 2.52. The van der Waals surface area contributed by atoms with Crippen LogP contribution >= 0.6 is 23.2 Å². The van der Waals surface area contributed by atoms with Gasteiger partial charge in [0.15, 0.2) is 36.2 Å². The Hall–Kier alpha value is -10.9.